The van der Waals surface area contributed by atoms with Gasteiger partial charge in [0.1, 0.15) is 5.75 Å². The fourth-order valence-electron chi connectivity index (χ4n) is 2.86. The first-order valence-electron chi connectivity index (χ1n) is 8.69. The van der Waals surface area contributed by atoms with Crippen LogP contribution < -0.4 is 15.6 Å². The second-order valence-corrected chi connectivity index (χ2v) is 6.56. The number of nitrogens with zero attached hydrogens (tertiary/aromatic N) is 3. The minimum atomic E-state index is -0.258. The molecule has 0 aliphatic heterocycles. The lowest BCUT2D eigenvalue weighted by Crippen LogP contribution is -2.25. The van der Waals surface area contributed by atoms with Gasteiger partial charge >= 0.3 is 0 Å². The number of nitrogens with one attached hydrogen (secondary N) is 1. The maximum atomic E-state index is 12.7. The number of hydrogen-bond acceptors (Lipinski definition) is 6. The van der Waals surface area contributed by atoms with Gasteiger partial charge in [-0.3, -0.25) is 4.79 Å². The van der Waals surface area contributed by atoms with Crippen LogP contribution in [0.3, 0.4) is 0 Å². The first-order valence-corrected chi connectivity index (χ1v) is 9.07. The number of benzene rings is 2. The normalized spacial score (nSPS) is 10.6. The Labute approximate surface area is 166 Å². The van der Waals surface area contributed by atoms with Crippen LogP contribution in [0.1, 0.15) is 17.5 Å². The highest BCUT2D eigenvalue weighted by Crippen LogP contribution is 2.26. The van der Waals surface area contributed by atoms with Gasteiger partial charge in [-0.15, -0.1) is 0 Å². The van der Waals surface area contributed by atoms with E-state index in [1.165, 1.54) is 4.68 Å². The molecular weight excluding hydrogens is 380 g/mol. The highest BCUT2D eigenvalue weighted by molar-refractivity contribution is 6.32. The van der Waals surface area contributed by atoms with Crippen molar-refractivity contribution in [2.45, 2.75) is 19.5 Å². The molecule has 0 saturated heterocycles. The molecular formula is C20H19ClN4O3. The summed E-state index contributed by atoms with van der Waals surface area (Å²) in [5, 5.41) is 27.4. The zero-order valence-corrected chi connectivity index (χ0v) is 16.0. The van der Waals surface area contributed by atoms with Gasteiger partial charge in [0, 0.05) is 25.1 Å². The average molecular weight is 399 g/mol. The minimum absolute atomic E-state index is 0.0351. The van der Waals surface area contributed by atoms with E-state index in [4.69, 9.17) is 21.4 Å². The summed E-state index contributed by atoms with van der Waals surface area (Å²) in [4.78, 5) is 12.7. The lowest BCUT2D eigenvalue weighted by atomic mass is 10.1. The van der Waals surface area contributed by atoms with Crippen molar-refractivity contribution in [2.24, 2.45) is 0 Å². The van der Waals surface area contributed by atoms with Crippen LogP contribution in [0, 0.1) is 11.3 Å². The topological polar surface area (TPSA) is 100 Å². The van der Waals surface area contributed by atoms with E-state index in [1.54, 1.807) is 37.4 Å². The Morgan fingerprint density at radius 1 is 1.29 bits per heavy atom. The van der Waals surface area contributed by atoms with Gasteiger partial charge < -0.3 is 15.2 Å². The van der Waals surface area contributed by atoms with Crippen molar-refractivity contribution in [3.05, 3.63) is 62.9 Å². The van der Waals surface area contributed by atoms with E-state index in [-0.39, 0.29) is 12.2 Å². The minimum Gasteiger partial charge on any atom is -0.495 e. The van der Waals surface area contributed by atoms with E-state index >= 15 is 0 Å². The van der Waals surface area contributed by atoms with Crippen LogP contribution in [-0.2, 0) is 13.1 Å². The largest absolute Gasteiger partial charge is 0.495 e. The molecule has 0 saturated carbocycles. The number of ether oxygens (including phenoxy) is 1. The number of anilines is 1. The quantitative estimate of drug-likeness (QED) is 0.634. The van der Waals surface area contributed by atoms with Crippen LogP contribution in [0.2, 0.25) is 5.02 Å². The molecule has 3 rings (SSSR count). The predicted octanol–water partition coefficient (Wildman–Crippen LogP) is 2.92. The summed E-state index contributed by atoms with van der Waals surface area (Å²) >= 11 is 6.18. The Morgan fingerprint density at radius 2 is 2.11 bits per heavy atom. The van der Waals surface area contributed by atoms with E-state index in [0.717, 1.165) is 5.56 Å². The number of methoxy groups -OCH3 is 1. The van der Waals surface area contributed by atoms with Gasteiger partial charge in [0.2, 0.25) is 0 Å². The molecule has 28 heavy (non-hydrogen) atoms. The van der Waals surface area contributed by atoms with Gasteiger partial charge in [-0.2, -0.15) is 10.4 Å². The van der Waals surface area contributed by atoms with E-state index < -0.39 is 0 Å². The smallest absolute Gasteiger partial charge is 0.274 e. The molecule has 0 aliphatic carbocycles. The Hall–Kier alpha value is -3.08. The molecule has 0 atom stereocenters. The molecule has 2 aromatic carbocycles. The third kappa shape index (κ3) is 4.09. The van der Waals surface area contributed by atoms with E-state index in [1.807, 2.05) is 6.07 Å². The Kier molecular flexibility index (Phi) is 6.14. The molecule has 3 aromatic rings. The summed E-state index contributed by atoms with van der Waals surface area (Å²) in [5.41, 5.74) is 1.09. The number of aliphatic hydroxyl groups excluding tert-OH is 1. The summed E-state index contributed by atoms with van der Waals surface area (Å²) < 4.78 is 6.49. The SMILES string of the molecule is COc1ccc(CNc2nn(CCCO)c(=O)c3ccc(C#N)cc23)cc1Cl. The summed E-state index contributed by atoms with van der Waals surface area (Å²) in [6.07, 6.45) is 0.419. The van der Waals surface area contributed by atoms with Gasteiger partial charge in [-0.05, 0) is 42.3 Å². The Morgan fingerprint density at radius 3 is 2.79 bits per heavy atom. The standard InChI is InChI=1S/C20H19ClN4O3/c1-28-18-6-4-14(10-17(18)21)12-23-19-16-9-13(11-22)3-5-15(16)20(27)25(24-19)7-2-8-26/h3-6,9-10,26H,2,7-8,12H2,1H3,(H,23,24). The monoisotopic (exact) mass is 398 g/mol. The molecule has 0 fully saturated rings. The fourth-order valence-corrected chi connectivity index (χ4v) is 3.14. The lowest BCUT2D eigenvalue weighted by molar-refractivity contribution is 0.276. The highest BCUT2D eigenvalue weighted by Gasteiger charge is 2.12. The van der Waals surface area contributed by atoms with Crippen LogP contribution in [0.4, 0.5) is 5.82 Å². The molecule has 0 unspecified atom stereocenters. The first kappa shape index (κ1) is 19.7. The van der Waals surface area contributed by atoms with Crippen molar-refractivity contribution in [1.29, 1.82) is 5.26 Å². The molecule has 1 heterocycles. The van der Waals surface area contributed by atoms with Crippen molar-refractivity contribution in [2.75, 3.05) is 19.0 Å². The Bertz CT molecular complexity index is 1110. The van der Waals surface area contributed by atoms with Gasteiger partial charge in [-0.1, -0.05) is 17.7 Å². The molecule has 8 heteroatoms. The number of fused-ring (bicyclic) bond motifs is 1. The summed E-state index contributed by atoms with van der Waals surface area (Å²) in [7, 11) is 1.55. The van der Waals surface area contributed by atoms with Crippen molar-refractivity contribution in [3.8, 4) is 11.8 Å². The van der Waals surface area contributed by atoms with Crippen LogP contribution >= 0.6 is 11.6 Å². The number of aliphatic hydroxyl groups is 1. The van der Waals surface area contributed by atoms with E-state index in [9.17, 15) is 10.1 Å². The third-order valence-corrected chi connectivity index (χ3v) is 4.59. The average Bonchev–Trinajstić information content (AvgIpc) is 2.72. The fraction of sp³-hybridized carbons (Fsp3) is 0.250. The molecule has 0 amide bonds. The second kappa shape index (κ2) is 8.74. The van der Waals surface area contributed by atoms with Crippen LogP contribution in [0.5, 0.6) is 5.75 Å². The van der Waals surface area contributed by atoms with E-state index in [2.05, 4.69) is 16.5 Å². The number of hydrogen-bond donors (Lipinski definition) is 2. The van der Waals surface area contributed by atoms with E-state index in [0.29, 0.717) is 52.4 Å². The van der Waals surface area contributed by atoms with Crippen molar-refractivity contribution in [3.63, 3.8) is 0 Å². The summed E-state index contributed by atoms with van der Waals surface area (Å²) in [6.45, 7) is 0.682. The maximum Gasteiger partial charge on any atom is 0.274 e. The molecule has 7 nitrogen and oxygen atoms in total. The lowest BCUT2D eigenvalue weighted by Gasteiger charge is -2.13. The molecule has 0 spiro atoms. The summed E-state index contributed by atoms with van der Waals surface area (Å²) in [5.74, 6) is 1.07. The zero-order chi connectivity index (χ0) is 20.1. The maximum absolute atomic E-state index is 12.7. The van der Waals surface area contributed by atoms with Crippen LogP contribution in [0.15, 0.2) is 41.2 Å². The molecule has 2 N–H and O–H groups in total. The van der Waals surface area contributed by atoms with Crippen molar-refractivity contribution in [1.82, 2.24) is 9.78 Å². The second-order valence-electron chi connectivity index (χ2n) is 6.15. The highest BCUT2D eigenvalue weighted by atomic mass is 35.5. The predicted molar refractivity (Wildman–Crippen MR) is 108 cm³/mol. The van der Waals surface area contributed by atoms with Crippen LogP contribution in [-0.4, -0.2) is 28.6 Å². The third-order valence-electron chi connectivity index (χ3n) is 4.29. The summed E-state index contributed by atoms with van der Waals surface area (Å²) in [6, 6.07) is 12.4. The molecule has 1 aromatic heterocycles. The van der Waals surface area contributed by atoms with Gasteiger partial charge in [-0.25, -0.2) is 4.68 Å². The number of aromatic nitrogens is 2. The zero-order valence-electron chi connectivity index (χ0n) is 15.3. The molecule has 144 valence electrons. The van der Waals surface area contributed by atoms with Crippen molar-refractivity contribution < 1.29 is 9.84 Å². The Balaban J connectivity index is 2.00. The molecule has 0 aliphatic rings. The number of halogens is 1. The van der Waals surface area contributed by atoms with Crippen LogP contribution in [0.25, 0.3) is 10.8 Å². The number of rotatable bonds is 7. The van der Waals surface area contributed by atoms with Gasteiger partial charge in [0.15, 0.2) is 5.82 Å². The number of nitriles is 1. The first-order chi connectivity index (χ1) is 13.6. The van der Waals surface area contributed by atoms with Gasteiger partial charge in [0.25, 0.3) is 5.56 Å². The molecule has 0 bridgehead atoms. The van der Waals surface area contributed by atoms with Gasteiger partial charge in [0.05, 0.1) is 29.2 Å². The van der Waals surface area contributed by atoms with Crippen molar-refractivity contribution >= 4 is 28.2 Å². The number of aryl methyl sites for hydroxylation is 1. The molecule has 0 radical (unpaired) electrons.